The summed E-state index contributed by atoms with van der Waals surface area (Å²) in [5.74, 6) is 2.19. The SMILES string of the molecule is CC(C)(C)c1ccnc(-n2c3ccc(-c4ccc5c(c4)[Si](C)(C)CCC5(C)C)cc3c3ccc(Oc4cccc(P(=O)(c5ccccc5)c5ccccc5)c4)cc32)c1. The molecule has 0 unspecified atom stereocenters. The lowest BCUT2D eigenvalue weighted by Crippen LogP contribution is -2.50. The molecule has 0 saturated heterocycles. The lowest BCUT2D eigenvalue weighted by Gasteiger charge is -2.41. The zero-order chi connectivity index (χ0) is 40.5. The Hall–Kier alpha value is -5.48. The molecule has 58 heavy (non-hydrogen) atoms. The molecule has 9 rings (SSSR count). The van der Waals surface area contributed by atoms with Gasteiger partial charge in [-0.2, -0.15) is 0 Å². The Kier molecular flexibility index (Phi) is 9.26. The maximum atomic E-state index is 15.2. The molecule has 3 heterocycles. The molecule has 0 radical (unpaired) electrons. The zero-order valence-electron chi connectivity index (χ0n) is 34.6. The van der Waals surface area contributed by atoms with E-state index in [4.69, 9.17) is 9.72 Å². The van der Waals surface area contributed by atoms with Crippen LogP contribution in [0.25, 0.3) is 38.8 Å². The Morgan fingerprint density at radius 2 is 1.31 bits per heavy atom. The van der Waals surface area contributed by atoms with Crippen molar-refractivity contribution in [2.75, 3.05) is 0 Å². The molecule has 0 fully saturated rings. The summed E-state index contributed by atoms with van der Waals surface area (Å²) in [4.78, 5) is 4.96. The van der Waals surface area contributed by atoms with Crippen molar-refractivity contribution in [3.63, 3.8) is 0 Å². The van der Waals surface area contributed by atoms with Crippen molar-refractivity contribution in [3.8, 4) is 28.4 Å². The Morgan fingerprint density at radius 3 is 2.02 bits per heavy atom. The first-order valence-corrected chi connectivity index (χ1v) is 25.3. The Morgan fingerprint density at radius 1 is 0.655 bits per heavy atom. The summed E-state index contributed by atoms with van der Waals surface area (Å²) in [5.41, 5.74) is 7.51. The molecule has 4 nitrogen and oxygen atoms in total. The summed E-state index contributed by atoms with van der Waals surface area (Å²) >= 11 is 0. The average molecular weight is 795 g/mol. The fourth-order valence-corrected chi connectivity index (χ4v) is 14.8. The standard InChI is InChI=1S/C52H51N2O2PSi/c1-51(2,3)38-27-29-53-50(33-38)54-47-26-22-36(37-21-25-46-49(32-37)58(6,7)30-28-52(46,4)5)31-45(47)44-24-23-40(35-48(44)54)56-39-15-14-20-43(34-39)57(55,41-16-10-8-11-17-41)42-18-12-9-13-19-42/h8-27,29,31-35H,28,30H2,1-7H3. The van der Waals surface area contributed by atoms with E-state index in [1.54, 1.807) is 5.19 Å². The minimum absolute atomic E-state index is 0.0417. The number of benzene rings is 6. The van der Waals surface area contributed by atoms with Crippen molar-refractivity contribution in [1.82, 2.24) is 9.55 Å². The van der Waals surface area contributed by atoms with Crippen LogP contribution in [0.2, 0.25) is 19.1 Å². The van der Waals surface area contributed by atoms with Crippen LogP contribution < -0.4 is 25.8 Å². The van der Waals surface area contributed by atoms with Gasteiger partial charge in [-0.15, -0.1) is 0 Å². The van der Waals surface area contributed by atoms with E-state index < -0.39 is 15.2 Å². The molecule has 0 N–H and O–H groups in total. The number of rotatable bonds is 7. The van der Waals surface area contributed by atoms with Gasteiger partial charge in [-0.1, -0.05) is 156 Å². The van der Waals surface area contributed by atoms with E-state index in [9.17, 15) is 0 Å². The summed E-state index contributed by atoms with van der Waals surface area (Å²) in [6.07, 6.45) is 3.18. The molecule has 8 aromatic rings. The first-order chi connectivity index (χ1) is 27.7. The lowest BCUT2D eigenvalue weighted by molar-refractivity contribution is 0.483. The van der Waals surface area contributed by atoms with Gasteiger partial charge in [0.25, 0.3) is 0 Å². The van der Waals surface area contributed by atoms with Crippen molar-refractivity contribution >= 4 is 58.1 Å². The number of pyridine rings is 1. The van der Waals surface area contributed by atoms with Gasteiger partial charge in [-0.3, -0.25) is 4.57 Å². The summed E-state index contributed by atoms with van der Waals surface area (Å²) in [6, 6.07) is 53.4. The van der Waals surface area contributed by atoms with Crippen molar-refractivity contribution in [3.05, 3.63) is 169 Å². The zero-order valence-corrected chi connectivity index (χ0v) is 36.5. The molecule has 2 aromatic heterocycles. The largest absolute Gasteiger partial charge is 0.457 e. The second kappa shape index (κ2) is 14.1. The van der Waals surface area contributed by atoms with Gasteiger partial charge in [0.1, 0.15) is 17.3 Å². The topological polar surface area (TPSA) is 44.1 Å². The van der Waals surface area contributed by atoms with Crippen molar-refractivity contribution in [2.24, 2.45) is 0 Å². The molecule has 0 amide bonds. The molecule has 0 atom stereocenters. The predicted molar refractivity (Wildman–Crippen MR) is 248 cm³/mol. The predicted octanol–water partition coefficient (Wildman–Crippen LogP) is 12.2. The number of hydrogen-bond donors (Lipinski definition) is 0. The lowest BCUT2D eigenvalue weighted by atomic mass is 9.81. The van der Waals surface area contributed by atoms with Crippen LogP contribution >= 0.6 is 7.14 Å². The highest BCUT2D eigenvalue weighted by molar-refractivity contribution is 7.85. The van der Waals surface area contributed by atoms with E-state index in [0.29, 0.717) is 11.5 Å². The summed E-state index contributed by atoms with van der Waals surface area (Å²) in [7, 11) is -4.73. The van der Waals surface area contributed by atoms with Crippen molar-refractivity contribution < 1.29 is 9.30 Å². The first kappa shape index (κ1) is 38.1. The van der Waals surface area contributed by atoms with Gasteiger partial charge >= 0.3 is 0 Å². The van der Waals surface area contributed by atoms with E-state index >= 15 is 4.57 Å². The third-order valence-electron chi connectivity index (χ3n) is 12.4. The van der Waals surface area contributed by atoms with Gasteiger partial charge in [0.2, 0.25) is 0 Å². The van der Waals surface area contributed by atoms with Crippen LogP contribution in [0.15, 0.2) is 158 Å². The first-order valence-electron chi connectivity index (χ1n) is 20.4. The molecule has 6 heteroatoms. The molecule has 0 saturated carbocycles. The van der Waals surface area contributed by atoms with E-state index in [1.807, 2.05) is 97.2 Å². The molecular weight excluding hydrogens is 744 g/mol. The molecule has 1 aliphatic heterocycles. The average Bonchev–Trinajstić information content (AvgIpc) is 3.55. The second-order valence-electron chi connectivity index (χ2n) is 18.3. The monoisotopic (exact) mass is 794 g/mol. The van der Waals surface area contributed by atoms with E-state index in [1.165, 1.54) is 40.1 Å². The van der Waals surface area contributed by atoms with Crippen LogP contribution in [0.1, 0.15) is 52.2 Å². The van der Waals surface area contributed by atoms with Gasteiger partial charge in [0.15, 0.2) is 7.14 Å². The molecule has 0 spiro atoms. The van der Waals surface area contributed by atoms with Crippen LogP contribution in [-0.2, 0) is 15.4 Å². The highest BCUT2D eigenvalue weighted by atomic mass is 31.2. The van der Waals surface area contributed by atoms with Crippen LogP contribution in [0.5, 0.6) is 11.5 Å². The molecule has 6 aromatic carbocycles. The van der Waals surface area contributed by atoms with Gasteiger partial charge in [-0.25, -0.2) is 4.98 Å². The van der Waals surface area contributed by atoms with E-state index in [2.05, 4.69) is 113 Å². The van der Waals surface area contributed by atoms with Crippen LogP contribution in [0.4, 0.5) is 0 Å². The molecule has 290 valence electrons. The van der Waals surface area contributed by atoms with Crippen LogP contribution in [0, 0.1) is 0 Å². The van der Waals surface area contributed by atoms with Crippen molar-refractivity contribution in [1.29, 1.82) is 0 Å². The Labute approximate surface area is 344 Å². The number of nitrogens with zero attached hydrogens (tertiary/aromatic N) is 2. The summed E-state index contributed by atoms with van der Waals surface area (Å²) in [5, 5.41) is 6.21. The number of hydrogen-bond acceptors (Lipinski definition) is 3. The maximum absolute atomic E-state index is 15.2. The van der Waals surface area contributed by atoms with Gasteiger partial charge in [-0.05, 0) is 88.0 Å². The van der Waals surface area contributed by atoms with Gasteiger partial charge < -0.3 is 9.30 Å². The number of aromatic nitrogens is 2. The Balaban J connectivity index is 1.17. The normalized spacial score (nSPS) is 15.0. The minimum atomic E-state index is -3.17. The van der Waals surface area contributed by atoms with Crippen LogP contribution in [-0.4, -0.2) is 17.6 Å². The quantitative estimate of drug-likeness (QED) is 0.119. The third kappa shape index (κ3) is 6.65. The molecular formula is C52H51N2O2PSi. The smallest absolute Gasteiger partial charge is 0.171 e. The molecule has 0 bridgehead atoms. The Bertz CT molecular complexity index is 2840. The number of fused-ring (bicyclic) bond motifs is 4. The van der Waals surface area contributed by atoms with Crippen molar-refractivity contribution in [2.45, 2.75) is 71.0 Å². The minimum Gasteiger partial charge on any atom is -0.457 e. The van der Waals surface area contributed by atoms with Gasteiger partial charge in [0.05, 0.1) is 19.1 Å². The fraction of sp³-hybridized carbons (Fsp3) is 0.212. The molecule has 0 aliphatic carbocycles. The highest BCUT2D eigenvalue weighted by Gasteiger charge is 2.38. The summed E-state index contributed by atoms with van der Waals surface area (Å²) in [6.45, 7) is 16.6. The highest BCUT2D eigenvalue weighted by Crippen LogP contribution is 2.44. The molecule has 1 aliphatic rings. The maximum Gasteiger partial charge on any atom is 0.171 e. The third-order valence-corrected chi connectivity index (χ3v) is 18.8. The second-order valence-corrected chi connectivity index (χ2v) is 25.9. The van der Waals surface area contributed by atoms with Crippen LogP contribution in [0.3, 0.4) is 0 Å². The van der Waals surface area contributed by atoms with Gasteiger partial charge in [0, 0.05) is 38.9 Å². The number of ether oxygens (including phenoxy) is 1. The van der Waals surface area contributed by atoms with E-state index in [-0.39, 0.29) is 10.8 Å². The summed E-state index contributed by atoms with van der Waals surface area (Å²) < 4.78 is 24.2. The van der Waals surface area contributed by atoms with E-state index in [0.717, 1.165) is 38.2 Å². The fourth-order valence-electron chi connectivity index (χ4n) is 8.87.